The number of nitrogens with two attached hydrogens (primary N) is 1. The fraction of sp³-hybridized carbons (Fsp3) is 0.278. The van der Waals surface area contributed by atoms with Crippen LogP contribution in [0.2, 0.25) is 0 Å². The van der Waals surface area contributed by atoms with Gasteiger partial charge < -0.3 is 21.1 Å². The van der Waals surface area contributed by atoms with Gasteiger partial charge in [-0.05, 0) is 25.1 Å². The van der Waals surface area contributed by atoms with Crippen molar-refractivity contribution in [3.63, 3.8) is 0 Å². The number of hydrogen-bond acceptors (Lipinski definition) is 5. The van der Waals surface area contributed by atoms with Crippen molar-refractivity contribution < 1.29 is 14.3 Å². The molecule has 0 fully saturated rings. The zero-order chi connectivity index (χ0) is 18.2. The third kappa shape index (κ3) is 6.25. The molecule has 1 atom stereocenters. The maximum Gasteiger partial charge on any atom is 0.226 e. The first-order valence-electron chi connectivity index (χ1n) is 7.99. The Labute approximate surface area is 158 Å². The lowest BCUT2D eigenvalue weighted by Crippen LogP contribution is -2.30. The molecule has 2 amide bonds. The third-order valence-corrected chi connectivity index (χ3v) is 3.43. The maximum atomic E-state index is 12.4. The Hall–Kier alpha value is -2.80. The largest absolute Gasteiger partial charge is 0.494 e. The summed E-state index contributed by atoms with van der Waals surface area (Å²) in [5.41, 5.74) is 6.82. The molecule has 4 N–H and O–H groups in total. The van der Waals surface area contributed by atoms with Crippen LogP contribution in [-0.4, -0.2) is 23.4 Å². The number of halogens is 1. The van der Waals surface area contributed by atoms with E-state index in [9.17, 15) is 9.59 Å². The van der Waals surface area contributed by atoms with Crippen molar-refractivity contribution in [2.45, 2.75) is 26.3 Å². The molecule has 2 rings (SSSR count). The van der Waals surface area contributed by atoms with Gasteiger partial charge in [-0.2, -0.15) is 0 Å². The molecule has 140 valence electrons. The number of benzene rings is 1. The summed E-state index contributed by atoms with van der Waals surface area (Å²) in [6, 6.07) is 10.1. The van der Waals surface area contributed by atoms with Gasteiger partial charge in [0, 0.05) is 12.5 Å². The lowest BCUT2D eigenvalue weighted by Gasteiger charge is -2.21. The van der Waals surface area contributed by atoms with Crippen molar-refractivity contribution in [3.8, 4) is 5.75 Å². The standard InChI is InChI=1S/C18H22N4O3.ClH/c1-3-25-16-7-5-4-6-14(16)15(21-12(2)23)10-18(24)22-13-8-9-17(19)20-11-13;/h4-9,11,15H,3,10H2,1-2H3,(H2,19,20)(H,21,23)(H,22,24);1H. The van der Waals surface area contributed by atoms with Gasteiger partial charge in [0.15, 0.2) is 0 Å². The molecular weight excluding hydrogens is 356 g/mol. The van der Waals surface area contributed by atoms with Crippen LogP contribution in [0.5, 0.6) is 5.75 Å². The highest BCUT2D eigenvalue weighted by molar-refractivity contribution is 5.91. The number of pyridine rings is 1. The second kappa shape index (κ2) is 10.2. The SMILES string of the molecule is CCOc1ccccc1C(CC(=O)Nc1ccc(N)nc1)NC(C)=O.Cl. The van der Waals surface area contributed by atoms with Crippen molar-refractivity contribution in [2.24, 2.45) is 0 Å². The molecule has 1 aromatic heterocycles. The number of nitrogens with zero attached hydrogens (tertiary/aromatic N) is 1. The first kappa shape index (κ1) is 21.2. The van der Waals surface area contributed by atoms with Crippen LogP contribution in [0, 0.1) is 0 Å². The van der Waals surface area contributed by atoms with E-state index < -0.39 is 6.04 Å². The molecule has 2 aromatic rings. The molecule has 7 nitrogen and oxygen atoms in total. The Bertz CT molecular complexity index is 737. The maximum absolute atomic E-state index is 12.4. The summed E-state index contributed by atoms with van der Waals surface area (Å²) in [7, 11) is 0. The molecule has 0 saturated carbocycles. The number of nitrogen functional groups attached to an aromatic ring is 1. The summed E-state index contributed by atoms with van der Waals surface area (Å²) in [6.07, 6.45) is 1.54. The molecule has 1 aromatic carbocycles. The molecular formula is C18H23ClN4O3. The Morgan fingerprint density at radius 2 is 1.96 bits per heavy atom. The minimum atomic E-state index is -0.498. The van der Waals surface area contributed by atoms with Gasteiger partial charge in [-0.3, -0.25) is 9.59 Å². The number of amides is 2. The normalized spacial score (nSPS) is 11.0. The Morgan fingerprint density at radius 1 is 1.23 bits per heavy atom. The first-order chi connectivity index (χ1) is 12.0. The summed E-state index contributed by atoms with van der Waals surface area (Å²) < 4.78 is 5.61. The van der Waals surface area contributed by atoms with Crippen LogP contribution in [0.4, 0.5) is 11.5 Å². The zero-order valence-electron chi connectivity index (χ0n) is 14.7. The number of nitrogens with one attached hydrogen (secondary N) is 2. The van der Waals surface area contributed by atoms with E-state index in [1.54, 1.807) is 12.1 Å². The Kier molecular flexibility index (Phi) is 8.37. The summed E-state index contributed by atoms with van der Waals surface area (Å²) >= 11 is 0. The van der Waals surface area contributed by atoms with Crippen LogP contribution in [-0.2, 0) is 9.59 Å². The molecule has 0 spiro atoms. The van der Waals surface area contributed by atoms with Crippen LogP contribution >= 0.6 is 12.4 Å². The number of rotatable bonds is 7. The second-order valence-corrected chi connectivity index (χ2v) is 5.45. The van der Waals surface area contributed by atoms with Crippen molar-refractivity contribution in [1.82, 2.24) is 10.3 Å². The van der Waals surface area contributed by atoms with E-state index in [1.165, 1.54) is 13.1 Å². The predicted molar refractivity (Wildman–Crippen MR) is 103 cm³/mol. The van der Waals surface area contributed by atoms with Crippen LogP contribution in [0.3, 0.4) is 0 Å². The summed E-state index contributed by atoms with van der Waals surface area (Å²) in [4.78, 5) is 27.9. The number of ether oxygens (including phenoxy) is 1. The molecule has 0 aliphatic carbocycles. The third-order valence-electron chi connectivity index (χ3n) is 3.43. The van der Waals surface area contributed by atoms with Crippen LogP contribution in [0.1, 0.15) is 31.9 Å². The van der Waals surface area contributed by atoms with Gasteiger partial charge >= 0.3 is 0 Å². The smallest absolute Gasteiger partial charge is 0.226 e. The molecule has 0 saturated heterocycles. The number of aromatic nitrogens is 1. The lowest BCUT2D eigenvalue weighted by atomic mass is 10.0. The van der Waals surface area contributed by atoms with Gasteiger partial charge in [0.05, 0.1) is 31.0 Å². The molecule has 1 heterocycles. The lowest BCUT2D eigenvalue weighted by molar-refractivity contribution is -0.120. The zero-order valence-corrected chi connectivity index (χ0v) is 15.5. The van der Waals surface area contributed by atoms with Gasteiger partial charge in [-0.15, -0.1) is 12.4 Å². The van der Waals surface area contributed by atoms with E-state index in [0.717, 1.165) is 5.56 Å². The van der Waals surface area contributed by atoms with Crippen LogP contribution in [0.15, 0.2) is 42.6 Å². The molecule has 0 aliphatic heterocycles. The van der Waals surface area contributed by atoms with E-state index in [0.29, 0.717) is 23.9 Å². The Morgan fingerprint density at radius 3 is 2.58 bits per heavy atom. The van der Waals surface area contributed by atoms with Crippen LogP contribution < -0.4 is 21.1 Å². The van der Waals surface area contributed by atoms with Crippen molar-refractivity contribution >= 4 is 35.7 Å². The minimum absolute atomic E-state index is 0. The van der Waals surface area contributed by atoms with Crippen molar-refractivity contribution in [2.75, 3.05) is 17.7 Å². The highest BCUT2D eigenvalue weighted by atomic mass is 35.5. The molecule has 26 heavy (non-hydrogen) atoms. The monoisotopic (exact) mass is 378 g/mol. The minimum Gasteiger partial charge on any atom is -0.494 e. The fourth-order valence-electron chi connectivity index (χ4n) is 2.42. The van der Waals surface area contributed by atoms with E-state index in [-0.39, 0.29) is 30.6 Å². The van der Waals surface area contributed by atoms with Gasteiger partial charge in [0.1, 0.15) is 11.6 Å². The number of carbonyl (C=O) groups excluding carboxylic acids is 2. The highest BCUT2D eigenvalue weighted by Crippen LogP contribution is 2.27. The van der Waals surface area contributed by atoms with Crippen LogP contribution in [0.25, 0.3) is 0 Å². The average Bonchev–Trinajstić information content (AvgIpc) is 2.57. The molecule has 0 radical (unpaired) electrons. The van der Waals surface area contributed by atoms with Gasteiger partial charge in [-0.25, -0.2) is 4.98 Å². The summed E-state index contributed by atoms with van der Waals surface area (Å²) in [5.74, 6) is 0.542. The summed E-state index contributed by atoms with van der Waals surface area (Å²) in [6.45, 7) is 3.79. The van der Waals surface area contributed by atoms with Crippen molar-refractivity contribution in [3.05, 3.63) is 48.2 Å². The van der Waals surface area contributed by atoms with Gasteiger partial charge in [0.25, 0.3) is 0 Å². The fourth-order valence-corrected chi connectivity index (χ4v) is 2.42. The molecule has 0 bridgehead atoms. The molecule has 8 heteroatoms. The van der Waals surface area contributed by atoms with E-state index >= 15 is 0 Å². The van der Waals surface area contributed by atoms with Gasteiger partial charge in [-0.1, -0.05) is 18.2 Å². The van der Waals surface area contributed by atoms with E-state index in [4.69, 9.17) is 10.5 Å². The molecule has 1 unspecified atom stereocenters. The number of anilines is 2. The van der Waals surface area contributed by atoms with E-state index in [1.807, 2.05) is 31.2 Å². The van der Waals surface area contributed by atoms with Crippen molar-refractivity contribution in [1.29, 1.82) is 0 Å². The second-order valence-electron chi connectivity index (χ2n) is 5.45. The topological polar surface area (TPSA) is 106 Å². The first-order valence-corrected chi connectivity index (χ1v) is 7.99. The quantitative estimate of drug-likeness (QED) is 0.686. The summed E-state index contributed by atoms with van der Waals surface area (Å²) in [5, 5.41) is 5.55. The predicted octanol–water partition coefficient (Wildman–Crippen LogP) is 2.69. The van der Waals surface area contributed by atoms with E-state index in [2.05, 4.69) is 15.6 Å². The number of carbonyl (C=O) groups is 2. The highest BCUT2D eigenvalue weighted by Gasteiger charge is 2.20. The Balaban J connectivity index is 0.00000338. The molecule has 0 aliphatic rings. The van der Waals surface area contributed by atoms with Gasteiger partial charge in [0.2, 0.25) is 11.8 Å². The average molecular weight is 379 g/mol. The number of para-hydroxylation sites is 1. The number of hydrogen-bond donors (Lipinski definition) is 3.